The molecule has 0 saturated carbocycles. The van der Waals surface area contributed by atoms with Crippen molar-refractivity contribution in [3.63, 3.8) is 0 Å². The number of methoxy groups -OCH3 is 1. The summed E-state index contributed by atoms with van der Waals surface area (Å²) in [6, 6.07) is 4.32. The van der Waals surface area contributed by atoms with Crippen LogP contribution in [-0.4, -0.2) is 18.9 Å². The molecule has 0 bridgehead atoms. The minimum absolute atomic E-state index is 0.0466. The zero-order chi connectivity index (χ0) is 10.6. The lowest BCUT2D eigenvalue weighted by Gasteiger charge is -2.15. The summed E-state index contributed by atoms with van der Waals surface area (Å²) in [5.74, 6) is 0.538. The van der Waals surface area contributed by atoms with E-state index >= 15 is 0 Å². The molecule has 1 aromatic rings. The first-order valence-electron chi connectivity index (χ1n) is 4.38. The van der Waals surface area contributed by atoms with Crippen LogP contribution in [0, 0.1) is 0 Å². The number of halogens is 1. The van der Waals surface area contributed by atoms with Crippen molar-refractivity contribution in [2.75, 3.05) is 13.8 Å². The van der Waals surface area contributed by atoms with Gasteiger partial charge in [0.05, 0.1) is 19.3 Å². The quantitative estimate of drug-likeness (QED) is 0.776. The lowest BCUT2D eigenvalue weighted by atomic mass is 10.0. The number of benzene rings is 1. The van der Waals surface area contributed by atoms with Gasteiger partial charge in [-0.05, 0) is 18.6 Å². The standard InChI is InChI=1S/C10H14FNO2/c1-14-9-4-2-3-8(13)10(9)7(12)5-6-11/h2-4,7,13H,5-6,12H2,1H3/t7-/m1/s1. The highest BCUT2D eigenvalue weighted by molar-refractivity contribution is 5.45. The third kappa shape index (κ3) is 2.14. The highest BCUT2D eigenvalue weighted by Crippen LogP contribution is 2.33. The summed E-state index contributed by atoms with van der Waals surface area (Å²) in [6.45, 7) is -0.515. The van der Waals surface area contributed by atoms with E-state index in [1.807, 2.05) is 0 Å². The maximum atomic E-state index is 12.1. The molecule has 14 heavy (non-hydrogen) atoms. The first kappa shape index (κ1) is 10.8. The van der Waals surface area contributed by atoms with E-state index in [1.165, 1.54) is 13.2 Å². The van der Waals surface area contributed by atoms with E-state index in [-0.39, 0.29) is 12.2 Å². The summed E-state index contributed by atoms with van der Waals surface area (Å²) in [4.78, 5) is 0. The van der Waals surface area contributed by atoms with Crippen LogP contribution in [0.5, 0.6) is 11.5 Å². The average Bonchev–Trinajstić information content (AvgIpc) is 2.17. The van der Waals surface area contributed by atoms with Crippen LogP contribution in [0.3, 0.4) is 0 Å². The Bertz CT molecular complexity index is 304. The summed E-state index contributed by atoms with van der Waals surface area (Å²) in [6.07, 6.45) is 0.175. The Morgan fingerprint density at radius 2 is 2.29 bits per heavy atom. The summed E-state index contributed by atoms with van der Waals surface area (Å²) in [5.41, 5.74) is 6.17. The van der Waals surface area contributed by atoms with Gasteiger partial charge in [0.25, 0.3) is 0 Å². The summed E-state index contributed by atoms with van der Waals surface area (Å²) in [7, 11) is 1.49. The molecular weight excluding hydrogens is 185 g/mol. The number of hydrogen-bond donors (Lipinski definition) is 2. The number of alkyl halides is 1. The monoisotopic (exact) mass is 199 g/mol. The fourth-order valence-corrected chi connectivity index (χ4v) is 1.34. The van der Waals surface area contributed by atoms with E-state index in [9.17, 15) is 9.50 Å². The van der Waals surface area contributed by atoms with Crippen LogP contribution in [0.2, 0.25) is 0 Å². The largest absolute Gasteiger partial charge is 0.507 e. The number of hydrogen-bond acceptors (Lipinski definition) is 3. The van der Waals surface area contributed by atoms with Crippen LogP contribution < -0.4 is 10.5 Å². The zero-order valence-corrected chi connectivity index (χ0v) is 8.03. The van der Waals surface area contributed by atoms with Gasteiger partial charge >= 0.3 is 0 Å². The van der Waals surface area contributed by atoms with Gasteiger partial charge in [0.15, 0.2) is 0 Å². The smallest absolute Gasteiger partial charge is 0.127 e. The van der Waals surface area contributed by atoms with E-state index in [1.54, 1.807) is 12.1 Å². The van der Waals surface area contributed by atoms with Crippen molar-refractivity contribution in [1.29, 1.82) is 0 Å². The summed E-state index contributed by atoms with van der Waals surface area (Å²) >= 11 is 0. The molecule has 0 saturated heterocycles. The maximum absolute atomic E-state index is 12.1. The summed E-state index contributed by atoms with van der Waals surface area (Å²) in [5, 5.41) is 9.54. The Balaban J connectivity index is 3.03. The second kappa shape index (κ2) is 4.81. The molecule has 0 radical (unpaired) electrons. The van der Waals surface area contributed by atoms with Crippen molar-refractivity contribution in [2.24, 2.45) is 5.73 Å². The number of phenolic OH excluding ortho intramolecular Hbond substituents is 1. The van der Waals surface area contributed by atoms with Crippen LogP contribution in [-0.2, 0) is 0 Å². The molecule has 0 aliphatic carbocycles. The van der Waals surface area contributed by atoms with Crippen molar-refractivity contribution >= 4 is 0 Å². The van der Waals surface area contributed by atoms with Gasteiger partial charge < -0.3 is 15.6 Å². The van der Waals surface area contributed by atoms with Crippen LogP contribution >= 0.6 is 0 Å². The molecule has 0 aliphatic heterocycles. The summed E-state index contributed by atoms with van der Waals surface area (Å²) < 4.78 is 17.1. The van der Waals surface area contributed by atoms with E-state index in [0.29, 0.717) is 11.3 Å². The van der Waals surface area contributed by atoms with E-state index < -0.39 is 12.7 Å². The van der Waals surface area contributed by atoms with Gasteiger partial charge in [-0.1, -0.05) is 6.07 Å². The molecule has 3 nitrogen and oxygen atoms in total. The number of phenols is 1. The van der Waals surface area contributed by atoms with Crippen molar-refractivity contribution in [3.8, 4) is 11.5 Å². The molecule has 1 atom stereocenters. The van der Waals surface area contributed by atoms with Gasteiger partial charge in [0.1, 0.15) is 11.5 Å². The lowest BCUT2D eigenvalue weighted by molar-refractivity contribution is 0.381. The van der Waals surface area contributed by atoms with Gasteiger partial charge in [-0.15, -0.1) is 0 Å². The van der Waals surface area contributed by atoms with Crippen LogP contribution in [0.25, 0.3) is 0 Å². The Hall–Kier alpha value is -1.29. The Morgan fingerprint density at radius 1 is 1.57 bits per heavy atom. The second-order valence-corrected chi connectivity index (χ2v) is 2.98. The molecule has 0 unspecified atom stereocenters. The van der Waals surface area contributed by atoms with Crippen molar-refractivity contribution in [2.45, 2.75) is 12.5 Å². The molecule has 4 heteroatoms. The third-order valence-electron chi connectivity index (χ3n) is 2.05. The third-order valence-corrected chi connectivity index (χ3v) is 2.05. The maximum Gasteiger partial charge on any atom is 0.127 e. The second-order valence-electron chi connectivity index (χ2n) is 2.98. The zero-order valence-electron chi connectivity index (χ0n) is 8.03. The molecule has 0 aromatic heterocycles. The fraction of sp³-hybridized carbons (Fsp3) is 0.400. The number of nitrogens with two attached hydrogens (primary N) is 1. The molecule has 0 amide bonds. The van der Waals surface area contributed by atoms with Crippen molar-refractivity contribution in [1.82, 2.24) is 0 Å². The molecule has 1 rings (SSSR count). The minimum atomic E-state index is -0.531. The van der Waals surface area contributed by atoms with Crippen LogP contribution in [0.15, 0.2) is 18.2 Å². The molecular formula is C10H14FNO2. The normalized spacial score (nSPS) is 12.5. The number of aromatic hydroxyl groups is 1. The highest BCUT2D eigenvalue weighted by Gasteiger charge is 2.15. The van der Waals surface area contributed by atoms with Crippen molar-refractivity contribution < 1.29 is 14.2 Å². The van der Waals surface area contributed by atoms with Gasteiger partial charge in [-0.3, -0.25) is 4.39 Å². The van der Waals surface area contributed by atoms with Gasteiger partial charge in [-0.2, -0.15) is 0 Å². The molecule has 3 N–H and O–H groups in total. The molecule has 1 aromatic carbocycles. The van der Waals surface area contributed by atoms with Crippen LogP contribution in [0.4, 0.5) is 4.39 Å². The molecule has 0 aliphatic rings. The average molecular weight is 199 g/mol. The van der Waals surface area contributed by atoms with Gasteiger partial charge in [0.2, 0.25) is 0 Å². The predicted octanol–water partition coefficient (Wildman–Crippen LogP) is 1.76. The lowest BCUT2D eigenvalue weighted by Crippen LogP contribution is -2.12. The predicted molar refractivity (Wildman–Crippen MR) is 52.2 cm³/mol. The fourth-order valence-electron chi connectivity index (χ4n) is 1.34. The van der Waals surface area contributed by atoms with Gasteiger partial charge in [-0.25, -0.2) is 0 Å². The molecule has 78 valence electrons. The minimum Gasteiger partial charge on any atom is -0.507 e. The first-order chi connectivity index (χ1) is 6.70. The topological polar surface area (TPSA) is 55.5 Å². The van der Waals surface area contributed by atoms with E-state index in [4.69, 9.17) is 10.5 Å². The molecule has 0 heterocycles. The Kier molecular flexibility index (Phi) is 3.71. The van der Waals surface area contributed by atoms with Gasteiger partial charge in [0, 0.05) is 6.04 Å². The SMILES string of the molecule is COc1cccc(O)c1[C@H](N)CCF. The Morgan fingerprint density at radius 3 is 2.86 bits per heavy atom. The molecule has 0 spiro atoms. The van der Waals surface area contributed by atoms with Crippen LogP contribution in [0.1, 0.15) is 18.0 Å². The Labute approximate surface area is 82.3 Å². The molecule has 0 fully saturated rings. The first-order valence-corrected chi connectivity index (χ1v) is 4.38. The highest BCUT2D eigenvalue weighted by atomic mass is 19.1. The number of rotatable bonds is 4. The van der Waals surface area contributed by atoms with E-state index in [0.717, 1.165) is 0 Å². The van der Waals surface area contributed by atoms with Crippen molar-refractivity contribution in [3.05, 3.63) is 23.8 Å². The van der Waals surface area contributed by atoms with E-state index in [2.05, 4.69) is 0 Å². The number of ether oxygens (including phenoxy) is 1.